The number of aryl methyl sites for hydroxylation is 3. The average molecular weight is 322 g/mol. The van der Waals surface area contributed by atoms with Crippen LogP contribution in [0.2, 0.25) is 0 Å². The van der Waals surface area contributed by atoms with Crippen LogP contribution in [0.3, 0.4) is 0 Å². The van der Waals surface area contributed by atoms with Gasteiger partial charge in [-0.3, -0.25) is 4.79 Å². The molecule has 0 aliphatic carbocycles. The summed E-state index contributed by atoms with van der Waals surface area (Å²) < 4.78 is 8.43. The van der Waals surface area contributed by atoms with Crippen molar-refractivity contribution >= 4 is 15.9 Å². The first-order valence-electron chi connectivity index (χ1n) is 6.02. The van der Waals surface area contributed by atoms with Gasteiger partial charge in [-0.1, -0.05) is 15.9 Å². The van der Waals surface area contributed by atoms with E-state index in [9.17, 15) is 4.79 Å². The Morgan fingerprint density at radius 2 is 1.84 bits per heavy atom. The topological polar surface area (TPSA) is 31.2 Å². The molecule has 0 aliphatic heterocycles. The molecule has 3 nitrogen and oxygen atoms in total. The fourth-order valence-corrected chi connectivity index (χ4v) is 2.12. The molecule has 4 heteroatoms. The van der Waals surface area contributed by atoms with E-state index in [-0.39, 0.29) is 5.56 Å². The van der Waals surface area contributed by atoms with Crippen LogP contribution in [0.4, 0.5) is 0 Å². The van der Waals surface area contributed by atoms with Crippen molar-refractivity contribution in [2.75, 3.05) is 0 Å². The number of nitrogens with zero attached hydrogens (tertiary/aromatic N) is 1. The maximum absolute atomic E-state index is 11.3. The van der Waals surface area contributed by atoms with Crippen molar-refractivity contribution in [1.29, 1.82) is 0 Å². The number of hydrogen-bond donors (Lipinski definition) is 0. The van der Waals surface area contributed by atoms with Crippen LogP contribution in [0.15, 0.2) is 39.7 Å². The smallest absolute Gasteiger partial charge is 0.250 e. The van der Waals surface area contributed by atoms with Gasteiger partial charge in [-0.25, -0.2) is 0 Å². The number of rotatable bonds is 3. The van der Waals surface area contributed by atoms with Crippen molar-refractivity contribution in [3.8, 4) is 5.75 Å². The van der Waals surface area contributed by atoms with E-state index < -0.39 is 0 Å². The zero-order chi connectivity index (χ0) is 14.0. The summed E-state index contributed by atoms with van der Waals surface area (Å²) >= 11 is 3.53. The Kier molecular flexibility index (Phi) is 4.10. The predicted molar refractivity (Wildman–Crippen MR) is 79.6 cm³/mol. The number of halogens is 1. The summed E-state index contributed by atoms with van der Waals surface area (Å²) in [5, 5.41) is 0. The van der Waals surface area contributed by atoms with Crippen LogP contribution in [0.5, 0.6) is 5.75 Å². The molecule has 19 heavy (non-hydrogen) atoms. The van der Waals surface area contributed by atoms with Gasteiger partial charge in [0, 0.05) is 29.3 Å². The Morgan fingerprint density at radius 3 is 2.42 bits per heavy atom. The lowest BCUT2D eigenvalue weighted by Crippen LogP contribution is -2.15. The molecule has 0 radical (unpaired) electrons. The van der Waals surface area contributed by atoms with Gasteiger partial charge in [-0.05, 0) is 43.2 Å². The van der Waals surface area contributed by atoms with Gasteiger partial charge in [0.25, 0.3) is 0 Å². The first-order chi connectivity index (χ1) is 8.97. The third kappa shape index (κ3) is 3.26. The Hall–Kier alpha value is -1.55. The van der Waals surface area contributed by atoms with Crippen molar-refractivity contribution in [3.63, 3.8) is 0 Å². The predicted octanol–water partition coefficient (Wildman–Crippen LogP) is 3.34. The van der Waals surface area contributed by atoms with E-state index in [0.29, 0.717) is 6.61 Å². The number of pyridine rings is 1. The minimum Gasteiger partial charge on any atom is -0.489 e. The molecule has 0 spiro atoms. The second-order valence-electron chi connectivity index (χ2n) is 4.65. The van der Waals surface area contributed by atoms with Gasteiger partial charge < -0.3 is 9.30 Å². The molecule has 2 aromatic rings. The molecule has 0 unspecified atom stereocenters. The van der Waals surface area contributed by atoms with Crippen LogP contribution < -0.4 is 10.3 Å². The highest BCUT2D eigenvalue weighted by molar-refractivity contribution is 9.10. The maximum atomic E-state index is 11.3. The van der Waals surface area contributed by atoms with Gasteiger partial charge >= 0.3 is 0 Å². The van der Waals surface area contributed by atoms with Crippen molar-refractivity contribution in [2.24, 2.45) is 7.05 Å². The summed E-state index contributed by atoms with van der Waals surface area (Å²) in [5.41, 5.74) is 3.25. The Bertz CT molecular complexity index is 638. The van der Waals surface area contributed by atoms with Gasteiger partial charge in [-0.15, -0.1) is 0 Å². The standard InChI is InChI=1S/C15H16BrNO2/c1-10-6-13(7-11(2)15(10)16)19-9-12-4-5-14(18)17(3)8-12/h4-8H,9H2,1-3H3. The lowest BCUT2D eigenvalue weighted by Gasteiger charge is -2.10. The minimum absolute atomic E-state index is 0.0147. The van der Waals surface area contributed by atoms with Gasteiger partial charge in [0.05, 0.1) is 0 Å². The third-order valence-electron chi connectivity index (χ3n) is 2.96. The second-order valence-corrected chi connectivity index (χ2v) is 5.44. The first-order valence-corrected chi connectivity index (χ1v) is 6.82. The minimum atomic E-state index is -0.0147. The van der Waals surface area contributed by atoms with Gasteiger partial charge in [0.2, 0.25) is 5.56 Å². The SMILES string of the molecule is Cc1cc(OCc2ccc(=O)n(C)c2)cc(C)c1Br. The molecule has 0 N–H and O–H groups in total. The summed E-state index contributed by atoms with van der Waals surface area (Å²) in [4.78, 5) is 11.3. The van der Waals surface area contributed by atoms with Gasteiger partial charge in [-0.2, -0.15) is 0 Å². The first kappa shape index (κ1) is 13.9. The van der Waals surface area contributed by atoms with Crippen LogP contribution in [-0.4, -0.2) is 4.57 Å². The molecule has 0 saturated heterocycles. The molecular weight excluding hydrogens is 306 g/mol. The van der Waals surface area contributed by atoms with Crippen LogP contribution in [0.25, 0.3) is 0 Å². The molecule has 0 fully saturated rings. The molecular formula is C15H16BrNO2. The van der Waals surface area contributed by atoms with Crippen LogP contribution in [0, 0.1) is 13.8 Å². The van der Waals surface area contributed by atoms with E-state index in [1.807, 2.05) is 26.0 Å². The van der Waals surface area contributed by atoms with E-state index in [1.165, 1.54) is 0 Å². The van der Waals surface area contributed by atoms with E-state index in [0.717, 1.165) is 26.9 Å². The molecule has 0 amide bonds. The normalized spacial score (nSPS) is 10.5. The Labute approximate surface area is 121 Å². The summed E-state index contributed by atoms with van der Waals surface area (Å²) in [6, 6.07) is 7.34. The van der Waals surface area contributed by atoms with Crippen molar-refractivity contribution < 1.29 is 4.74 Å². The largest absolute Gasteiger partial charge is 0.489 e. The van der Waals surface area contributed by atoms with Crippen LogP contribution in [0.1, 0.15) is 16.7 Å². The summed E-state index contributed by atoms with van der Waals surface area (Å²) in [5.74, 6) is 0.840. The monoisotopic (exact) mass is 321 g/mol. The van der Waals surface area contributed by atoms with Gasteiger partial charge in [0.1, 0.15) is 12.4 Å². The number of ether oxygens (including phenoxy) is 1. The Balaban J connectivity index is 2.14. The van der Waals surface area contributed by atoms with E-state index >= 15 is 0 Å². The fourth-order valence-electron chi connectivity index (χ4n) is 1.89. The quantitative estimate of drug-likeness (QED) is 0.868. The molecule has 1 heterocycles. The lowest BCUT2D eigenvalue weighted by molar-refractivity contribution is 0.304. The second kappa shape index (κ2) is 5.61. The molecule has 100 valence electrons. The molecule has 0 bridgehead atoms. The molecule has 1 aromatic heterocycles. The van der Waals surface area contributed by atoms with E-state index in [2.05, 4.69) is 15.9 Å². The van der Waals surface area contributed by atoms with Crippen LogP contribution in [-0.2, 0) is 13.7 Å². The highest BCUT2D eigenvalue weighted by Gasteiger charge is 2.04. The number of benzene rings is 1. The summed E-state index contributed by atoms with van der Waals surface area (Å²) in [6.07, 6.45) is 1.79. The summed E-state index contributed by atoms with van der Waals surface area (Å²) in [6.45, 7) is 4.53. The molecule has 0 saturated carbocycles. The zero-order valence-electron chi connectivity index (χ0n) is 11.2. The van der Waals surface area contributed by atoms with Gasteiger partial charge in [0.15, 0.2) is 0 Å². The highest BCUT2D eigenvalue weighted by atomic mass is 79.9. The van der Waals surface area contributed by atoms with Crippen LogP contribution >= 0.6 is 15.9 Å². The number of aromatic nitrogens is 1. The Morgan fingerprint density at radius 1 is 1.21 bits per heavy atom. The van der Waals surface area contributed by atoms with Crippen molar-refractivity contribution in [3.05, 3.63) is 62.0 Å². The molecule has 0 aliphatic rings. The fraction of sp³-hybridized carbons (Fsp3) is 0.267. The third-order valence-corrected chi connectivity index (χ3v) is 4.21. The highest BCUT2D eigenvalue weighted by Crippen LogP contribution is 2.26. The molecule has 2 rings (SSSR count). The van der Waals surface area contributed by atoms with E-state index in [4.69, 9.17) is 4.74 Å². The number of hydrogen-bond acceptors (Lipinski definition) is 2. The average Bonchev–Trinajstić information content (AvgIpc) is 2.37. The maximum Gasteiger partial charge on any atom is 0.250 e. The van der Waals surface area contributed by atoms with E-state index in [1.54, 1.807) is 29.9 Å². The van der Waals surface area contributed by atoms with Crippen molar-refractivity contribution in [1.82, 2.24) is 4.57 Å². The molecule has 1 aromatic carbocycles. The zero-order valence-corrected chi connectivity index (χ0v) is 12.8. The summed E-state index contributed by atoms with van der Waals surface area (Å²) in [7, 11) is 1.74. The van der Waals surface area contributed by atoms with Crippen molar-refractivity contribution in [2.45, 2.75) is 20.5 Å². The lowest BCUT2D eigenvalue weighted by atomic mass is 10.1. The molecule has 0 atom stereocenters.